The summed E-state index contributed by atoms with van der Waals surface area (Å²) in [6.45, 7) is 11.1. The topological polar surface area (TPSA) is 64.4 Å². The molecule has 0 bridgehead atoms. The van der Waals surface area contributed by atoms with Crippen LogP contribution in [-0.2, 0) is 9.53 Å². The van der Waals surface area contributed by atoms with Gasteiger partial charge >= 0.3 is 0 Å². The summed E-state index contributed by atoms with van der Waals surface area (Å²) in [4.78, 5) is 12.0. The lowest BCUT2D eigenvalue weighted by atomic mass is 9.83. The lowest BCUT2D eigenvalue weighted by molar-refractivity contribution is -0.130. The first-order chi connectivity index (χ1) is 7.76. The first-order valence-electron chi connectivity index (χ1n) is 6.31. The highest BCUT2D eigenvalue weighted by Gasteiger charge is 2.34. The van der Waals surface area contributed by atoms with Gasteiger partial charge in [0.1, 0.15) is 0 Å². The minimum Gasteiger partial charge on any atom is -0.380 e. The number of hydrogen-bond donors (Lipinski definition) is 2. The molecule has 17 heavy (non-hydrogen) atoms. The molecule has 1 unspecified atom stereocenters. The molecule has 1 amide bonds. The van der Waals surface area contributed by atoms with Crippen molar-refractivity contribution in [3.05, 3.63) is 0 Å². The van der Waals surface area contributed by atoms with Gasteiger partial charge in [0.15, 0.2) is 0 Å². The molecule has 0 aromatic rings. The van der Waals surface area contributed by atoms with Gasteiger partial charge in [-0.1, -0.05) is 27.7 Å². The van der Waals surface area contributed by atoms with Crippen molar-refractivity contribution in [2.75, 3.05) is 26.3 Å². The fraction of sp³-hybridized carbons (Fsp3) is 0.923. The first-order valence-corrected chi connectivity index (χ1v) is 6.31. The Labute approximate surface area is 104 Å². The van der Waals surface area contributed by atoms with Gasteiger partial charge in [0, 0.05) is 18.5 Å². The Hall–Kier alpha value is -0.610. The Morgan fingerprint density at radius 2 is 2.06 bits per heavy atom. The molecule has 0 aromatic heterocycles. The molecule has 4 nitrogen and oxygen atoms in total. The number of hydrogen-bond acceptors (Lipinski definition) is 3. The van der Waals surface area contributed by atoms with E-state index in [1.165, 1.54) is 0 Å². The molecule has 1 aliphatic rings. The fourth-order valence-electron chi connectivity index (χ4n) is 2.02. The van der Waals surface area contributed by atoms with Gasteiger partial charge in [0.25, 0.3) is 0 Å². The summed E-state index contributed by atoms with van der Waals surface area (Å²) in [7, 11) is 0. The van der Waals surface area contributed by atoms with Crippen molar-refractivity contribution in [3.63, 3.8) is 0 Å². The van der Waals surface area contributed by atoms with E-state index < -0.39 is 0 Å². The molecule has 0 saturated carbocycles. The van der Waals surface area contributed by atoms with Crippen LogP contribution in [0.15, 0.2) is 0 Å². The van der Waals surface area contributed by atoms with Gasteiger partial charge < -0.3 is 15.8 Å². The number of rotatable bonds is 5. The highest BCUT2D eigenvalue weighted by Crippen LogP contribution is 2.26. The third-order valence-corrected chi connectivity index (χ3v) is 3.10. The Kier molecular flexibility index (Phi) is 4.55. The van der Waals surface area contributed by atoms with E-state index in [4.69, 9.17) is 10.5 Å². The van der Waals surface area contributed by atoms with Crippen LogP contribution in [0.3, 0.4) is 0 Å². The second-order valence-electron chi connectivity index (χ2n) is 6.72. The largest absolute Gasteiger partial charge is 0.380 e. The van der Waals surface area contributed by atoms with Crippen LogP contribution in [0, 0.1) is 16.7 Å². The van der Waals surface area contributed by atoms with Crippen LogP contribution >= 0.6 is 0 Å². The molecule has 1 atom stereocenters. The highest BCUT2D eigenvalue weighted by molar-refractivity contribution is 5.79. The molecule has 4 heteroatoms. The van der Waals surface area contributed by atoms with Crippen molar-refractivity contribution in [1.29, 1.82) is 0 Å². The molecular formula is C13H26N2O2. The summed E-state index contributed by atoms with van der Waals surface area (Å²) in [5.74, 6) is -0.00450. The number of carbonyl (C=O) groups excluding carboxylic acids is 1. The maximum absolute atomic E-state index is 12.0. The average molecular weight is 242 g/mol. The summed E-state index contributed by atoms with van der Waals surface area (Å²) < 4.78 is 5.16. The monoisotopic (exact) mass is 242 g/mol. The standard InChI is InChI=1S/C13H26N2O2/c1-12(2,3)5-10(6-14)11(16)15-7-13(4)8-17-9-13/h10H,5-9,14H2,1-4H3,(H,15,16). The second kappa shape index (κ2) is 5.36. The lowest BCUT2D eigenvalue weighted by Crippen LogP contribution is -2.50. The van der Waals surface area contributed by atoms with E-state index >= 15 is 0 Å². The Balaban J connectivity index is 2.38. The van der Waals surface area contributed by atoms with Gasteiger partial charge in [-0.15, -0.1) is 0 Å². The van der Waals surface area contributed by atoms with Crippen molar-refractivity contribution in [1.82, 2.24) is 5.32 Å². The molecule has 1 fully saturated rings. The number of carbonyl (C=O) groups is 1. The molecule has 3 N–H and O–H groups in total. The smallest absolute Gasteiger partial charge is 0.224 e. The first kappa shape index (κ1) is 14.5. The highest BCUT2D eigenvalue weighted by atomic mass is 16.5. The molecule has 1 rings (SSSR count). The summed E-state index contributed by atoms with van der Waals surface area (Å²) in [6, 6.07) is 0. The van der Waals surface area contributed by atoms with Crippen LogP contribution in [0.25, 0.3) is 0 Å². The molecular weight excluding hydrogens is 216 g/mol. The van der Waals surface area contributed by atoms with Gasteiger partial charge in [-0.25, -0.2) is 0 Å². The number of nitrogens with two attached hydrogens (primary N) is 1. The summed E-state index contributed by atoms with van der Waals surface area (Å²) in [5, 5.41) is 3.00. The second-order valence-corrected chi connectivity index (χ2v) is 6.72. The Morgan fingerprint density at radius 1 is 1.47 bits per heavy atom. The lowest BCUT2D eigenvalue weighted by Gasteiger charge is -2.38. The van der Waals surface area contributed by atoms with Gasteiger partial charge in [0.05, 0.1) is 19.1 Å². The maximum atomic E-state index is 12.0. The number of amides is 1. The molecule has 0 spiro atoms. The van der Waals surface area contributed by atoms with Crippen LogP contribution < -0.4 is 11.1 Å². The van der Waals surface area contributed by atoms with Crippen molar-refractivity contribution in [2.24, 2.45) is 22.5 Å². The zero-order valence-electron chi connectivity index (χ0n) is 11.5. The van der Waals surface area contributed by atoms with E-state index in [1.807, 2.05) is 0 Å². The van der Waals surface area contributed by atoms with Crippen LogP contribution in [-0.4, -0.2) is 32.2 Å². The van der Waals surface area contributed by atoms with E-state index in [1.54, 1.807) is 0 Å². The zero-order valence-corrected chi connectivity index (χ0v) is 11.5. The van der Waals surface area contributed by atoms with Crippen LogP contribution in [0.5, 0.6) is 0 Å². The van der Waals surface area contributed by atoms with Gasteiger partial charge in [-0.3, -0.25) is 4.79 Å². The minimum absolute atomic E-state index is 0.0792. The van der Waals surface area contributed by atoms with Crippen LogP contribution in [0.4, 0.5) is 0 Å². The molecule has 1 saturated heterocycles. The summed E-state index contributed by atoms with van der Waals surface area (Å²) in [5.41, 5.74) is 5.93. The zero-order chi connectivity index (χ0) is 13.1. The molecule has 0 aliphatic carbocycles. The van der Waals surface area contributed by atoms with Crippen LogP contribution in [0.2, 0.25) is 0 Å². The van der Waals surface area contributed by atoms with Crippen molar-refractivity contribution >= 4 is 5.91 Å². The van der Waals surface area contributed by atoms with Crippen molar-refractivity contribution < 1.29 is 9.53 Å². The predicted octanol–water partition coefficient (Wildman–Crippen LogP) is 1.15. The molecule has 0 radical (unpaired) electrons. The molecule has 1 heterocycles. The third kappa shape index (κ3) is 4.64. The van der Waals surface area contributed by atoms with Gasteiger partial charge in [-0.2, -0.15) is 0 Å². The van der Waals surface area contributed by atoms with Gasteiger partial charge in [0.2, 0.25) is 5.91 Å². The van der Waals surface area contributed by atoms with E-state index in [0.29, 0.717) is 13.1 Å². The number of ether oxygens (including phenoxy) is 1. The van der Waals surface area contributed by atoms with Gasteiger partial charge in [-0.05, 0) is 11.8 Å². The summed E-state index contributed by atoms with van der Waals surface area (Å²) in [6.07, 6.45) is 0.822. The van der Waals surface area contributed by atoms with Crippen molar-refractivity contribution in [2.45, 2.75) is 34.1 Å². The minimum atomic E-state index is -0.0837. The fourth-order valence-corrected chi connectivity index (χ4v) is 2.02. The third-order valence-electron chi connectivity index (χ3n) is 3.10. The molecule has 1 aliphatic heterocycles. The maximum Gasteiger partial charge on any atom is 0.224 e. The summed E-state index contributed by atoms with van der Waals surface area (Å²) >= 11 is 0. The Morgan fingerprint density at radius 3 is 2.41 bits per heavy atom. The van der Waals surface area contributed by atoms with Crippen molar-refractivity contribution in [3.8, 4) is 0 Å². The van der Waals surface area contributed by atoms with Crippen LogP contribution in [0.1, 0.15) is 34.1 Å². The Bertz CT molecular complexity index is 267. The average Bonchev–Trinajstić information content (AvgIpc) is 2.18. The van der Waals surface area contributed by atoms with E-state index in [-0.39, 0.29) is 22.7 Å². The normalized spacial score (nSPS) is 20.5. The predicted molar refractivity (Wildman–Crippen MR) is 68.6 cm³/mol. The molecule has 100 valence electrons. The molecule has 0 aromatic carbocycles. The quantitative estimate of drug-likeness (QED) is 0.760. The SMILES string of the molecule is CC(C)(C)CC(CN)C(=O)NCC1(C)COC1. The van der Waals surface area contributed by atoms with E-state index in [0.717, 1.165) is 19.6 Å². The number of nitrogens with one attached hydrogen (secondary N) is 1. The van der Waals surface area contributed by atoms with E-state index in [2.05, 4.69) is 33.0 Å². The van der Waals surface area contributed by atoms with E-state index in [9.17, 15) is 4.79 Å².